The number of nitrogens with zero attached hydrogens (tertiary/aromatic N) is 2. The van der Waals surface area contributed by atoms with Crippen LogP contribution in [-0.2, 0) is 6.54 Å². The van der Waals surface area contributed by atoms with Crippen LogP contribution in [0.5, 0.6) is 0 Å². The number of nitrogens with one attached hydrogen (secondary N) is 1. The first-order chi connectivity index (χ1) is 10.2. The van der Waals surface area contributed by atoms with Crippen LogP contribution in [0.1, 0.15) is 30.9 Å². The zero-order valence-electron chi connectivity index (χ0n) is 13.0. The molecule has 0 saturated heterocycles. The summed E-state index contributed by atoms with van der Waals surface area (Å²) in [5, 5.41) is 0. The van der Waals surface area contributed by atoms with E-state index in [4.69, 9.17) is 4.98 Å². The van der Waals surface area contributed by atoms with E-state index in [2.05, 4.69) is 67.0 Å². The molecule has 0 aliphatic rings. The highest BCUT2D eigenvalue weighted by Crippen LogP contribution is 2.22. The molecule has 2 heterocycles. The van der Waals surface area contributed by atoms with Gasteiger partial charge in [-0.1, -0.05) is 13.3 Å². The number of pyridine rings is 1. The van der Waals surface area contributed by atoms with E-state index in [1.165, 1.54) is 24.0 Å². The monoisotopic (exact) mass is 280 g/mol. The summed E-state index contributed by atoms with van der Waals surface area (Å²) in [5.41, 5.74) is 5.86. The molecule has 3 heteroatoms. The summed E-state index contributed by atoms with van der Waals surface area (Å²) in [4.78, 5) is 8.13. The fourth-order valence-corrected chi connectivity index (χ4v) is 2.51. The average molecular weight is 280 g/mol. The summed E-state index contributed by atoms with van der Waals surface area (Å²) in [7, 11) is 0. The predicted molar refractivity (Wildman–Crippen MR) is 86.1 cm³/mol. The molecule has 3 aromatic rings. The zero-order valence-corrected chi connectivity index (χ0v) is 13.0. The van der Waals surface area contributed by atoms with Gasteiger partial charge in [0.2, 0.25) is 0 Å². The number of aromatic amines is 1. The van der Waals surface area contributed by atoms with Gasteiger partial charge in [0.25, 0.3) is 0 Å². The Kier molecular flexibility index (Phi) is 3.74. The summed E-state index contributed by atoms with van der Waals surface area (Å²) in [6.45, 7) is 7.55. The fourth-order valence-electron chi connectivity index (χ4n) is 2.51. The maximum absolute atomic E-state index is 4.71. The number of hydrogen-bond donors (Lipinski definition) is 1. The van der Waals surface area contributed by atoms with Gasteiger partial charge in [-0.15, -0.1) is 0 Å². The third kappa shape index (κ3) is 2.82. The molecule has 0 atom stereocenters. The third-order valence-corrected chi connectivity index (χ3v) is 4.03. The van der Waals surface area contributed by atoms with Crippen LogP contribution in [0.3, 0.4) is 0 Å². The van der Waals surface area contributed by atoms with Crippen molar-refractivity contribution in [3.8, 4) is 11.4 Å². The van der Waals surface area contributed by atoms with Crippen molar-refractivity contribution < 1.29 is 4.57 Å². The Balaban J connectivity index is 1.92. The molecule has 0 aliphatic heterocycles. The molecular weight excluding hydrogens is 258 g/mol. The van der Waals surface area contributed by atoms with Gasteiger partial charge in [-0.3, -0.25) is 0 Å². The van der Waals surface area contributed by atoms with E-state index in [1.807, 2.05) is 0 Å². The number of rotatable bonds is 4. The largest absolute Gasteiger partial charge is 0.338 e. The minimum atomic E-state index is 0.942. The molecule has 0 bridgehead atoms. The van der Waals surface area contributed by atoms with Crippen LogP contribution in [0.15, 0.2) is 36.7 Å². The molecule has 3 rings (SSSR count). The summed E-state index contributed by atoms with van der Waals surface area (Å²) < 4.78 is 2.23. The number of aryl methyl sites for hydroxylation is 3. The van der Waals surface area contributed by atoms with Crippen molar-refractivity contribution in [2.24, 2.45) is 0 Å². The first-order valence-electron chi connectivity index (χ1n) is 7.64. The first-order valence-corrected chi connectivity index (χ1v) is 7.64. The molecule has 1 aromatic carbocycles. The molecule has 0 radical (unpaired) electrons. The molecule has 0 amide bonds. The van der Waals surface area contributed by atoms with Gasteiger partial charge in [-0.2, -0.15) is 0 Å². The lowest BCUT2D eigenvalue weighted by atomic mass is 10.1. The molecule has 2 aromatic heterocycles. The lowest BCUT2D eigenvalue weighted by molar-refractivity contribution is -0.697. The van der Waals surface area contributed by atoms with Crippen molar-refractivity contribution >= 4 is 11.0 Å². The van der Waals surface area contributed by atoms with E-state index >= 15 is 0 Å². The number of benzene rings is 1. The first kappa shape index (κ1) is 13.8. The highest BCUT2D eigenvalue weighted by atomic mass is 14.9. The lowest BCUT2D eigenvalue weighted by Gasteiger charge is -1.97. The Hall–Kier alpha value is -2.16. The zero-order chi connectivity index (χ0) is 14.8. The second-order valence-corrected chi connectivity index (χ2v) is 5.72. The molecule has 108 valence electrons. The van der Waals surface area contributed by atoms with E-state index in [9.17, 15) is 0 Å². The van der Waals surface area contributed by atoms with Crippen LogP contribution in [-0.4, -0.2) is 9.97 Å². The molecule has 21 heavy (non-hydrogen) atoms. The van der Waals surface area contributed by atoms with Gasteiger partial charge in [-0.05, 0) is 37.1 Å². The summed E-state index contributed by atoms with van der Waals surface area (Å²) >= 11 is 0. The standard InChI is InChI=1S/C18H21N3/c1-4-5-8-21-9-6-15(7-10-21)18-19-16-11-13(2)14(3)12-17(16)20-18/h6-7,9-12H,4-5,8H2,1-3H3/p+1. The van der Waals surface area contributed by atoms with Crippen molar-refractivity contribution in [2.45, 2.75) is 40.2 Å². The lowest BCUT2D eigenvalue weighted by Crippen LogP contribution is -2.32. The van der Waals surface area contributed by atoms with E-state index < -0.39 is 0 Å². The molecule has 0 spiro atoms. The van der Waals surface area contributed by atoms with Gasteiger partial charge < -0.3 is 4.98 Å². The quantitative estimate of drug-likeness (QED) is 0.721. The molecular formula is C18H22N3+. The average Bonchev–Trinajstić information content (AvgIpc) is 2.89. The van der Waals surface area contributed by atoms with Gasteiger partial charge in [0.1, 0.15) is 12.4 Å². The molecule has 0 unspecified atom stereocenters. The SMILES string of the molecule is CCCC[n+]1ccc(-c2nc3cc(C)c(C)cc3[nH]2)cc1. The van der Waals surface area contributed by atoms with Crippen molar-refractivity contribution in [2.75, 3.05) is 0 Å². The molecule has 1 N–H and O–H groups in total. The Bertz CT molecular complexity index is 715. The Morgan fingerprint density at radius 1 is 1.10 bits per heavy atom. The van der Waals surface area contributed by atoms with E-state index in [0.717, 1.165) is 29.0 Å². The minimum absolute atomic E-state index is 0.942. The molecule has 0 aliphatic carbocycles. The maximum atomic E-state index is 4.71. The van der Waals surface area contributed by atoms with Gasteiger partial charge in [0.05, 0.1) is 11.0 Å². The summed E-state index contributed by atoms with van der Waals surface area (Å²) in [6, 6.07) is 8.58. The highest BCUT2D eigenvalue weighted by Gasteiger charge is 2.08. The summed E-state index contributed by atoms with van der Waals surface area (Å²) in [6.07, 6.45) is 6.70. The van der Waals surface area contributed by atoms with Crippen molar-refractivity contribution in [1.29, 1.82) is 0 Å². The van der Waals surface area contributed by atoms with Crippen molar-refractivity contribution in [3.05, 3.63) is 47.8 Å². The number of imidazole rings is 1. The van der Waals surface area contributed by atoms with E-state index in [1.54, 1.807) is 0 Å². The second-order valence-electron chi connectivity index (χ2n) is 5.72. The second kappa shape index (κ2) is 5.68. The van der Waals surface area contributed by atoms with Gasteiger partial charge >= 0.3 is 0 Å². The van der Waals surface area contributed by atoms with Crippen LogP contribution >= 0.6 is 0 Å². The number of unbranched alkanes of at least 4 members (excludes halogenated alkanes) is 1. The topological polar surface area (TPSA) is 32.6 Å². The number of hydrogen-bond acceptors (Lipinski definition) is 1. The van der Waals surface area contributed by atoms with Crippen molar-refractivity contribution in [1.82, 2.24) is 9.97 Å². The number of H-pyrrole nitrogens is 1. The highest BCUT2D eigenvalue weighted by molar-refractivity contribution is 5.80. The normalized spacial score (nSPS) is 11.2. The number of fused-ring (bicyclic) bond motifs is 1. The van der Waals surface area contributed by atoms with E-state index in [0.29, 0.717) is 0 Å². The third-order valence-electron chi connectivity index (χ3n) is 4.03. The molecule has 0 fully saturated rings. The van der Waals surface area contributed by atoms with Crippen LogP contribution < -0.4 is 4.57 Å². The smallest absolute Gasteiger partial charge is 0.169 e. The van der Waals surface area contributed by atoms with Crippen molar-refractivity contribution in [3.63, 3.8) is 0 Å². The van der Waals surface area contributed by atoms with Gasteiger partial charge in [0.15, 0.2) is 12.4 Å². The fraction of sp³-hybridized carbons (Fsp3) is 0.333. The van der Waals surface area contributed by atoms with Crippen LogP contribution in [0, 0.1) is 13.8 Å². The Morgan fingerprint density at radius 3 is 2.52 bits per heavy atom. The molecule has 0 saturated carbocycles. The van der Waals surface area contributed by atoms with Crippen LogP contribution in [0.2, 0.25) is 0 Å². The number of aromatic nitrogens is 3. The summed E-state index contributed by atoms with van der Waals surface area (Å²) in [5.74, 6) is 0.942. The Morgan fingerprint density at radius 2 is 1.81 bits per heavy atom. The van der Waals surface area contributed by atoms with Crippen LogP contribution in [0.25, 0.3) is 22.4 Å². The molecule has 3 nitrogen and oxygen atoms in total. The van der Waals surface area contributed by atoms with E-state index in [-0.39, 0.29) is 0 Å². The Labute approximate surface area is 125 Å². The maximum Gasteiger partial charge on any atom is 0.169 e. The van der Waals surface area contributed by atoms with Gasteiger partial charge in [-0.25, -0.2) is 9.55 Å². The van der Waals surface area contributed by atoms with Crippen LogP contribution in [0.4, 0.5) is 0 Å². The predicted octanol–water partition coefficient (Wildman–Crippen LogP) is 3.93. The van der Waals surface area contributed by atoms with Gasteiger partial charge in [0, 0.05) is 24.1 Å². The minimum Gasteiger partial charge on any atom is -0.338 e.